The van der Waals surface area contributed by atoms with Crippen LogP contribution in [0.3, 0.4) is 0 Å². The van der Waals surface area contributed by atoms with Gasteiger partial charge in [-0.3, -0.25) is 9.59 Å². The van der Waals surface area contributed by atoms with Crippen LogP contribution in [0.1, 0.15) is 20.8 Å². The van der Waals surface area contributed by atoms with E-state index in [1.165, 1.54) is 0 Å². The Bertz CT molecular complexity index is 502. The van der Waals surface area contributed by atoms with E-state index in [4.69, 9.17) is 9.84 Å². The van der Waals surface area contributed by atoms with Crippen LogP contribution in [0.15, 0.2) is 28.7 Å². The average Bonchev–Trinajstić information content (AvgIpc) is 2.38. The molecule has 0 radical (unpaired) electrons. The molecule has 1 aromatic carbocycles. The van der Waals surface area contributed by atoms with Gasteiger partial charge >= 0.3 is 5.97 Å². The molecule has 2 N–H and O–H groups in total. The highest BCUT2D eigenvalue weighted by Gasteiger charge is 2.28. The first kappa shape index (κ1) is 16.5. The maximum atomic E-state index is 11.9. The molecule has 0 aromatic heterocycles. The second kappa shape index (κ2) is 6.74. The zero-order chi connectivity index (χ0) is 15.3. The van der Waals surface area contributed by atoms with E-state index in [0.717, 1.165) is 4.47 Å². The molecule has 0 aliphatic rings. The fourth-order valence-electron chi connectivity index (χ4n) is 1.31. The molecule has 0 saturated carbocycles. The summed E-state index contributed by atoms with van der Waals surface area (Å²) in [5.41, 5.74) is -1.01. The lowest BCUT2D eigenvalue weighted by molar-refractivity contribution is -0.147. The number of rotatable bonds is 6. The van der Waals surface area contributed by atoms with Crippen molar-refractivity contribution >= 4 is 27.8 Å². The number of hydrogen-bond donors (Lipinski definition) is 2. The number of halogens is 1. The number of nitrogens with one attached hydrogen (secondary N) is 1. The van der Waals surface area contributed by atoms with Gasteiger partial charge in [-0.1, -0.05) is 12.1 Å². The van der Waals surface area contributed by atoms with Crippen LogP contribution in [0.25, 0.3) is 0 Å². The van der Waals surface area contributed by atoms with Crippen molar-refractivity contribution in [3.8, 4) is 5.75 Å². The number of para-hydroxylation sites is 1. The van der Waals surface area contributed by atoms with Gasteiger partial charge in [-0.2, -0.15) is 0 Å². The summed E-state index contributed by atoms with van der Waals surface area (Å²) in [5, 5.41) is 11.6. The van der Waals surface area contributed by atoms with Crippen LogP contribution in [0.2, 0.25) is 0 Å². The van der Waals surface area contributed by atoms with Crippen molar-refractivity contribution in [2.45, 2.75) is 26.9 Å². The third-order valence-electron chi connectivity index (χ3n) is 2.79. The Morgan fingerprint density at radius 3 is 2.55 bits per heavy atom. The molecule has 1 aromatic rings. The average molecular weight is 344 g/mol. The second-order valence-electron chi connectivity index (χ2n) is 5.10. The first-order valence-corrected chi connectivity index (χ1v) is 6.95. The Kier molecular flexibility index (Phi) is 5.56. The molecule has 0 bridgehead atoms. The van der Waals surface area contributed by atoms with Gasteiger partial charge in [0.15, 0.2) is 6.10 Å². The minimum Gasteiger partial charge on any atom is -0.481 e. The quantitative estimate of drug-likeness (QED) is 0.831. The monoisotopic (exact) mass is 343 g/mol. The molecule has 110 valence electrons. The molecule has 6 heteroatoms. The maximum absolute atomic E-state index is 11.9. The van der Waals surface area contributed by atoms with Gasteiger partial charge in [0.25, 0.3) is 5.91 Å². The fourth-order valence-corrected chi connectivity index (χ4v) is 1.69. The highest BCUT2D eigenvalue weighted by molar-refractivity contribution is 9.10. The van der Waals surface area contributed by atoms with Crippen LogP contribution in [0.4, 0.5) is 0 Å². The van der Waals surface area contributed by atoms with Gasteiger partial charge in [-0.15, -0.1) is 0 Å². The number of ether oxygens (including phenoxy) is 1. The molecule has 1 amide bonds. The smallest absolute Gasteiger partial charge is 0.310 e. The van der Waals surface area contributed by atoms with Crippen molar-refractivity contribution < 1.29 is 19.4 Å². The number of carbonyl (C=O) groups is 2. The summed E-state index contributed by atoms with van der Waals surface area (Å²) in [5.74, 6) is -0.750. The summed E-state index contributed by atoms with van der Waals surface area (Å²) in [6.45, 7) is 4.76. The molecule has 0 fully saturated rings. The van der Waals surface area contributed by atoms with E-state index in [-0.39, 0.29) is 12.5 Å². The van der Waals surface area contributed by atoms with E-state index in [2.05, 4.69) is 21.2 Å². The number of carboxylic acid groups (broad SMARTS) is 1. The fraction of sp³-hybridized carbons (Fsp3) is 0.429. The van der Waals surface area contributed by atoms with E-state index in [0.29, 0.717) is 5.75 Å². The van der Waals surface area contributed by atoms with Gasteiger partial charge in [-0.05, 0) is 48.8 Å². The van der Waals surface area contributed by atoms with Gasteiger partial charge in [0.2, 0.25) is 0 Å². The Labute approximate surface area is 126 Å². The Morgan fingerprint density at radius 2 is 2.00 bits per heavy atom. The van der Waals surface area contributed by atoms with Crippen LogP contribution in [-0.2, 0) is 9.59 Å². The minimum atomic E-state index is -1.01. The summed E-state index contributed by atoms with van der Waals surface area (Å²) >= 11 is 3.33. The zero-order valence-corrected chi connectivity index (χ0v) is 13.2. The van der Waals surface area contributed by atoms with E-state index in [1.54, 1.807) is 32.9 Å². The van der Waals surface area contributed by atoms with Gasteiger partial charge in [0.05, 0.1) is 9.89 Å². The standard InChI is InChI=1S/C14H18BrNO4/c1-9(20-11-7-5-4-6-10(11)15)12(17)16-8-14(2,3)13(18)19/h4-7,9H,8H2,1-3H3,(H,16,17)(H,18,19). The molecule has 0 heterocycles. The topological polar surface area (TPSA) is 75.6 Å². The lowest BCUT2D eigenvalue weighted by atomic mass is 9.94. The van der Waals surface area contributed by atoms with E-state index >= 15 is 0 Å². The van der Waals surface area contributed by atoms with Crippen molar-refractivity contribution in [2.75, 3.05) is 6.54 Å². The number of hydrogen-bond acceptors (Lipinski definition) is 3. The molecule has 5 nitrogen and oxygen atoms in total. The molecule has 0 spiro atoms. The van der Waals surface area contributed by atoms with E-state index in [9.17, 15) is 9.59 Å². The van der Waals surface area contributed by atoms with Gasteiger partial charge in [0.1, 0.15) is 5.75 Å². The predicted molar refractivity (Wildman–Crippen MR) is 78.7 cm³/mol. The van der Waals surface area contributed by atoms with Crippen LogP contribution < -0.4 is 10.1 Å². The lowest BCUT2D eigenvalue weighted by Crippen LogP contribution is -2.43. The largest absolute Gasteiger partial charge is 0.481 e. The van der Waals surface area contributed by atoms with Crippen molar-refractivity contribution in [2.24, 2.45) is 5.41 Å². The molecule has 0 aliphatic heterocycles. The van der Waals surface area contributed by atoms with Crippen molar-refractivity contribution in [3.63, 3.8) is 0 Å². The van der Waals surface area contributed by atoms with Gasteiger partial charge < -0.3 is 15.2 Å². The van der Waals surface area contributed by atoms with Crippen LogP contribution >= 0.6 is 15.9 Å². The Morgan fingerprint density at radius 1 is 1.40 bits per heavy atom. The second-order valence-corrected chi connectivity index (χ2v) is 5.95. The summed E-state index contributed by atoms with van der Waals surface area (Å²) in [7, 11) is 0. The third-order valence-corrected chi connectivity index (χ3v) is 3.45. The van der Waals surface area contributed by atoms with Crippen LogP contribution in [0.5, 0.6) is 5.75 Å². The number of carbonyl (C=O) groups excluding carboxylic acids is 1. The number of carboxylic acids is 1. The molecule has 1 unspecified atom stereocenters. The highest BCUT2D eigenvalue weighted by Crippen LogP contribution is 2.24. The first-order valence-electron chi connectivity index (χ1n) is 6.16. The lowest BCUT2D eigenvalue weighted by Gasteiger charge is -2.21. The number of amides is 1. The normalized spacial score (nSPS) is 12.6. The molecule has 0 saturated heterocycles. The molecule has 1 rings (SSSR count). The van der Waals surface area contributed by atoms with Crippen LogP contribution in [0, 0.1) is 5.41 Å². The van der Waals surface area contributed by atoms with Crippen molar-refractivity contribution in [3.05, 3.63) is 28.7 Å². The van der Waals surface area contributed by atoms with E-state index < -0.39 is 17.5 Å². The molecular formula is C14H18BrNO4. The molecule has 1 atom stereocenters. The summed E-state index contributed by atoms with van der Waals surface area (Å²) in [6.07, 6.45) is -0.710. The Hall–Kier alpha value is -1.56. The van der Waals surface area contributed by atoms with Crippen LogP contribution in [-0.4, -0.2) is 29.6 Å². The minimum absolute atomic E-state index is 0.0465. The predicted octanol–water partition coefficient (Wildman–Crippen LogP) is 2.44. The number of benzene rings is 1. The van der Waals surface area contributed by atoms with Gasteiger partial charge in [-0.25, -0.2) is 0 Å². The summed E-state index contributed by atoms with van der Waals surface area (Å²) < 4.78 is 6.28. The third kappa shape index (κ3) is 4.52. The Balaban J connectivity index is 2.56. The maximum Gasteiger partial charge on any atom is 0.310 e. The molecular weight excluding hydrogens is 326 g/mol. The first-order chi connectivity index (χ1) is 9.24. The SMILES string of the molecule is CC(Oc1ccccc1Br)C(=O)NCC(C)(C)C(=O)O. The van der Waals surface area contributed by atoms with E-state index in [1.807, 2.05) is 12.1 Å². The molecule has 20 heavy (non-hydrogen) atoms. The highest BCUT2D eigenvalue weighted by atomic mass is 79.9. The number of aliphatic carboxylic acids is 1. The molecule has 0 aliphatic carbocycles. The van der Waals surface area contributed by atoms with Crippen molar-refractivity contribution in [1.82, 2.24) is 5.32 Å². The summed E-state index contributed by atoms with van der Waals surface area (Å²) in [4.78, 5) is 22.8. The summed E-state index contributed by atoms with van der Waals surface area (Å²) in [6, 6.07) is 7.21. The zero-order valence-electron chi connectivity index (χ0n) is 11.6. The van der Waals surface area contributed by atoms with Gasteiger partial charge in [0, 0.05) is 6.54 Å². The van der Waals surface area contributed by atoms with Crippen molar-refractivity contribution in [1.29, 1.82) is 0 Å².